The second-order valence-corrected chi connectivity index (χ2v) is 5.28. The number of nitrogens with one attached hydrogen (secondary N) is 1. The van der Waals surface area contributed by atoms with Crippen LogP contribution in [0.15, 0.2) is 18.2 Å². The van der Waals surface area contributed by atoms with Gasteiger partial charge in [0, 0.05) is 25.0 Å². The average molecular weight is 280 g/mol. The number of hydrogen-bond acceptors (Lipinski definition) is 5. The molecule has 2 rings (SSSR count). The lowest BCUT2D eigenvalue weighted by Crippen LogP contribution is -2.46. The van der Waals surface area contributed by atoms with E-state index in [2.05, 4.69) is 12.2 Å². The molecule has 0 saturated carbocycles. The Kier molecular flexibility index (Phi) is 5.09. The van der Waals surface area contributed by atoms with E-state index < -0.39 is 0 Å². The van der Waals surface area contributed by atoms with Gasteiger partial charge in [0.2, 0.25) is 0 Å². The van der Waals surface area contributed by atoms with Crippen molar-refractivity contribution in [3.8, 4) is 5.75 Å². The van der Waals surface area contributed by atoms with Gasteiger partial charge in [-0.2, -0.15) is 0 Å². The van der Waals surface area contributed by atoms with Crippen LogP contribution in [0.2, 0.25) is 0 Å². The van der Waals surface area contributed by atoms with Gasteiger partial charge in [-0.25, -0.2) is 0 Å². The molecule has 4 N–H and O–H groups in total. The molecule has 1 aliphatic rings. The Morgan fingerprint density at radius 3 is 2.80 bits per heavy atom. The highest BCUT2D eigenvalue weighted by Crippen LogP contribution is 2.30. The molecule has 112 valence electrons. The van der Waals surface area contributed by atoms with Crippen molar-refractivity contribution in [2.75, 3.05) is 37.5 Å². The Balaban J connectivity index is 2.11. The lowest BCUT2D eigenvalue weighted by atomic mass is 9.90. The molecule has 1 aromatic rings. The molecule has 1 fully saturated rings. The zero-order chi connectivity index (χ0) is 14.4. The van der Waals surface area contributed by atoms with E-state index in [4.69, 9.17) is 15.2 Å². The van der Waals surface area contributed by atoms with Gasteiger partial charge < -0.3 is 25.6 Å². The van der Waals surface area contributed by atoms with E-state index in [9.17, 15) is 5.11 Å². The summed E-state index contributed by atoms with van der Waals surface area (Å²) in [7, 11) is 0. The second-order valence-electron chi connectivity index (χ2n) is 5.28. The average Bonchev–Trinajstić information content (AvgIpc) is 2.49. The molecule has 20 heavy (non-hydrogen) atoms. The smallest absolute Gasteiger partial charge is 0.144 e. The summed E-state index contributed by atoms with van der Waals surface area (Å²) in [6, 6.07) is 5.65. The molecule has 1 heterocycles. The number of anilines is 2. The molecule has 0 bridgehead atoms. The van der Waals surface area contributed by atoms with Crippen LogP contribution in [0.4, 0.5) is 11.4 Å². The van der Waals surface area contributed by atoms with Crippen LogP contribution in [-0.4, -0.2) is 37.1 Å². The van der Waals surface area contributed by atoms with Gasteiger partial charge in [0.25, 0.3) is 0 Å². The minimum absolute atomic E-state index is 0.0892. The van der Waals surface area contributed by atoms with Crippen LogP contribution in [0, 0.1) is 0 Å². The number of hydrogen-bond donors (Lipinski definition) is 3. The third-order valence-electron chi connectivity index (χ3n) is 3.64. The van der Waals surface area contributed by atoms with E-state index >= 15 is 0 Å². The molecular weight excluding hydrogens is 256 g/mol. The Labute approximate surface area is 120 Å². The van der Waals surface area contributed by atoms with Gasteiger partial charge in [0.1, 0.15) is 5.75 Å². The first-order valence-corrected chi connectivity index (χ1v) is 7.18. The molecule has 5 heteroatoms. The summed E-state index contributed by atoms with van der Waals surface area (Å²) >= 11 is 0. The van der Waals surface area contributed by atoms with Gasteiger partial charge in [-0.1, -0.05) is 6.92 Å². The van der Waals surface area contributed by atoms with Crippen molar-refractivity contribution >= 4 is 11.4 Å². The monoisotopic (exact) mass is 280 g/mol. The van der Waals surface area contributed by atoms with Crippen molar-refractivity contribution in [3.05, 3.63) is 18.2 Å². The summed E-state index contributed by atoms with van der Waals surface area (Å²) in [5, 5.41) is 13.1. The van der Waals surface area contributed by atoms with Crippen LogP contribution in [0.1, 0.15) is 26.2 Å². The number of nitrogen functional groups attached to an aromatic ring is 1. The highest BCUT2D eigenvalue weighted by Gasteiger charge is 2.31. The normalized spacial score (nSPS) is 17.7. The van der Waals surface area contributed by atoms with Crippen LogP contribution in [0.25, 0.3) is 0 Å². The predicted molar refractivity (Wildman–Crippen MR) is 80.1 cm³/mol. The minimum Gasteiger partial charge on any atom is -0.491 e. The summed E-state index contributed by atoms with van der Waals surface area (Å²) < 4.78 is 11.0. The Hall–Kier alpha value is -1.46. The van der Waals surface area contributed by atoms with Crippen LogP contribution in [0.3, 0.4) is 0 Å². The van der Waals surface area contributed by atoms with Crippen molar-refractivity contribution in [2.45, 2.75) is 31.7 Å². The second kappa shape index (κ2) is 6.81. The first-order chi connectivity index (χ1) is 9.69. The quantitative estimate of drug-likeness (QED) is 0.695. The fourth-order valence-corrected chi connectivity index (χ4v) is 2.34. The van der Waals surface area contributed by atoms with Gasteiger partial charge in [-0.3, -0.25) is 0 Å². The van der Waals surface area contributed by atoms with Crippen LogP contribution in [0.5, 0.6) is 5.75 Å². The first-order valence-electron chi connectivity index (χ1n) is 7.18. The van der Waals surface area contributed by atoms with Gasteiger partial charge in [0.15, 0.2) is 0 Å². The fourth-order valence-electron chi connectivity index (χ4n) is 2.34. The molecule has 0 atom stereocenters. The van der Waals surface area contributed by atoms with Crippen LogP contribution in [-0.2, 0) is 4.74 Å². The van der Waals surface area contributed by atoms with Gasteiger partial charge in [-0.05, 0) is 31.4 Å². The van der Waals surface area contributed by atoms with Gasteiger partial charge in [0.05, 0.1) is 24.4 Å². The highest BCUT2D eigenvalue weighted by atomic mass is 16.5. The van der Waals surface area contributed by atoms with Crippen molar-refractivity contribution in [2.24, 2.45) is 0 Å². The molecule has 1 saturated heterocycles. The van der Waals surface area contributed by atoms with E-state index in [1.165, 1.54) is 0 Å². The van der Waals surface area contributed by atoms with E-state index in [-0.39, 0.29) is 12.1 Å². The fraction of sp³-hybridized carbons (Fsp3) is 0.600. The van der Waals surface area contributed by atoms with E-state index in [1.807, 2.05) is 18.2 Å². The maximum atomic E-state index is 9.69. The van der Waals surface area contributed by atoms with Crippen molar-refractivity contribution in [1.29, 1.82) is 0 Å². The maximum absolute atomic E-state index is 9.69. The number of ether oxygens (including phenoxy) is 2. The summed E-state index contributed by atoms with van der Waals surface area (Å²) in [6.45, 7) is 4.13. The van der Waals surface area contributed by atoms with Crippen molar-refractivity contribution < 1.29 is 14.6 Å². The van der Waals surface area contributed by atoms with Gasteiger partial charge >= 0.3 is 0 Å². The molecule has 0 unspecified atom stereocenters. The lowest BCUT2D eigenvalue weighted by Gasteiger charge is -2.37. The first kappa shape index (κ1) is 14.9. The largest absolute Gasteiger partial charge is 0.491 e. The minimum atomic E-state index is -0.309. The molecule has 1 aromatic carbocycles. The zero-order valence-electron chi connectivity index (χ0n) is 12.0. The molecule has 0 aromatic heterocycles. The molecule has 0 amide bonds. The van der Waals surface area contributed by atoms with Crippen LogP contribution < -0.4 is 15.8 Å². The van der Waals surface area contributed by atoms with Crippen LogP contribution >= 0.6 is 0 Å². The maximum Gasteiger partial charge on any atom is 0.144 e. The molecule has 0 aliphatic carbocycles. The summed E-state index contributed by atoms with van der Waals surface area (Å²) in [5.74, 6) is 0.692. The van der Waals surface area contributed by atoms with E-state index in [0.717, 1.165) is 24.9 Å². The third-order valence-corrected chi connectivity index (χ3v) is 3.64. The summed E-state index contributed by atoms with van der Waals surface area (Å²) in [4.78, 5) is 0. The summed E-state index contributed by atoms with van der Waals surface area (Å²) in [6.07, 6.45) is 2.52. The predicted octanol–water partition coefficient (Wildman–Crippen LogP) is 2.01. The topological polar surface area (TPSA) is 76.7 Å². The van der Waals surface area contributed by atoms with Gasteiger partial charge in [-0.15, -0.1) is 0 Å². The number of nitrogens with two attached hydrogens (primary N) is 1. The highest BCUT2D eigenvalue weighted by molar-refractivity contribution is 5.62. The molecule has 0 radical (unpaired) electrons. The van der Waals surface area contributed by atoms with Crippen molar-refractivity contribution in [3.63, 3.8) is 0 Å². The molecule has 0 spiro atoms. The molecule has 5 nitrogen and oxygen atoms in total. The summed E-state index contributed by atoms with van der Waals surface area (Å²) in [5.41, 5.74) is 7.15. The standard InChI is InChI=1S/C15H24N2O3/c1-2-7-20-14-10-12(3-4-13(14)16)17-15(11-18)5-8-19-9-6-15/h3-4,10,17-18H,2,5-9,11,16H2,1H3. The Morgan fingerprint density at radius 2 is 2.15 bits per heavy atom. The van der Waals surface area contributed by atoms with E-state index in [1.54, 1.807) is 0 Å². The Bertz CT molecular complexity index is 431. The SMILES string of the molecule is CCCOc1cc(NC2(CO)CCOCC2)ccc1N. The van der Waals surface area contributed by atoms with Crippen molar-refractivity contribution in [1.82, 2.24) is 0 Å². The number of aliphatic hydroxyl groups excluding tert-OH is 1. The zero-order valence-corrected chi connectivity index (χ0v) is 12.0. The number of rotatable bonds is 6. The molecule has 1 aliphatic heterocycles. The molecular formula is C15H24N2O3. The third kappa shape index (κ3) is 3.55. The number of aliphatic hydroxyl groups is 1. The Morgan fingerprint density at radius 1 is 1.40 bits per heavy atom. The van der Waals surface area contributed by atoms with E-state index in [0.29, 0.717) is 31.3 Å². The lowest BCUT2D eigenvalue weighted by molar-refractivity contribution is 0.0380. The number of benzene rings is 1.